The minimum atomic E-state index is 0.599. The summed E-state index contributed by atoms with van der Waals surface area (Å²) in [6, 6.07) is 7.81. The van der Waals surface area contributed by atoms with Crippen molar-refractivity contribution < 1.29 is 9.47 Å². The number of ether oxygens (including phenoxy) is 2. The van der Waals surface area contributed by atoms with Gasteiger partial charge in [0.05, 0.1) is 13.7 Å². The van der Waals surface area contributed by atoms with E-state index in [-0.39, 0.29) is 0 Å². The fourth-order valence-corrected chi connectivity index (χ4v) is 3.08. The predicted octanol–water partition coefficient (Wildman–Crippen LogP) is 2.75. The van der Waals surface area contributed by atoms with E-state index in [2.05, 4.69) is 14.9 Å². The molecule has 1 aromatic carbocycles. The Morgan fingerprint density at radius 2 is 2.09 bits per heavy atom. The normalized spacial score (nSPS) is 18.7. The highest BCUT2D eigenvalue weighted by Gasteiger charge is 2.20. The molecule has 0 spiro atoms. The minimum Gasteiger partial charge on any atom is -0.497 e. The van der Waals surface area contributed by atoms with Crippen LogP contribution in [0.25, 0.3) is 0 Å². The molecular weight excluding hydrogens is 290 g/mol. The van der Waals surface area contributed by atoms with Crippen molar-refractivity contribution in [2.45, 2.75) is 19.3 Å². The number of likely N-dealkylation sites (tertiary alicyclic amines) is 1. The van der Waals surface area contributed by atoms with Crippen LogP contribution in [0.1, 0.15) is 18.7 Å². The first kappa shape index (κ1) is 15.9. The highest BCUT2D eigenvalue weighted by molar-refractivity contribution is 5.31. The van der Waals surface area contributed by atoms with E-state index in [1.165, 1.54) is 19.4 Å². The van der Waals surface area contributed by atoms with Crippen LogP contribution in [-0.4, -0.2) is 48.2 Å². The molecule has 0 radical (unpaired) electrons. The molecule has 0 unspecified atom stereocenters. The summed E-state index contributed by atoms with van der Waals surface area (Å²) in [4.78, 5) is 9.99. The van der Waals surface area contributed by atoms with Crippen molar-refractivity contribution >= 4 is 0 Å². The van der Waals surface area contributed by atoms with E-state index < -0.39 is 0 Å². The van der Waals surface area contributed by atoms with Crippen LogP contribution in [0.2, 0.25) is 0 Å². The Morgan fingerprint density at radius 3 is 2.83 bits per heavy atom. The highest BCUT2D eigenvalue weighted by Crippen LogP contribution is 2.21. The van der Waals surface area contributed by atoms with Gasteiger partial charge in [0.2, 0.25) is 0 Å². The maximum Gasteiger partial charge on any atom is 0.119 e. The molecule has 1 atom stereocenters. The Kier molecular flexibility index (Phi) is 5.53. The summed E-state index contributed by atoms with van der Waals surface area (Å²) in [5, 5.41) is 0. The number of methoxy groups -OCH3 is 1. The van der Waals surface area contributed by atoms with Crippen LogP contribution in [0.4, 0.5) is 0 Å². The van der Waals surface area contributed by atoms with E-state index in [1.54, 1.807) is 7.11 Å². The van der Waals surface area contributed by atoms with Gasteiger partial charge in [-0.25, -0.2) is 4.98 Å². The fourth-order valence-electron chi connectivity index (χ4n) is 3.08. The molecule has 0 aliphatic carbocycles. The number of imidazole rings is 1. The largest absolute Gasteiger partial charge is 0.497 e. The molecule has 1 N–H and O–H groups in total. The van der Waals surface area contributed by atoms with Crippen molar-refractivity contribution in [1.29, 1.82) is 0 Å². The summed E-state index contributed by atoms with van der Waals surface area (Å²) in [5.74, 6) is 3.45. The zero-order chi connectivity index (χ0) is 15.9. The van der Waals surface area contributed by atoms with Crippen molar-refractivity contribution in [1.82, 2.24) is 14.9 Å². The van der Waals surface area contributed by atoms with Crippen LogP contribution in [0.5, 0.6) is 11.5 Å². The zero-order valence-electron chi connectivity index (χ0n) is 13.7. The number of nitrogens with one attached hydrogen (secondary N) is 1. The minimum absolute atomic E-state index is 0.599. The second kappa shape index (κ2) is 8.02. The SMILES string of the molecule is COc1ccc(OC[C@@H]2CCCN(CCc3ncc[nH]3)C2)cc1. The van der Waals surface area contributed by atoms with Gasteiger partial charge in [-0.2, -0.15) is 0 Å². The maximum absolute atomic E-state index is 5.94. The average Bonchev–Trinajstić information content (AvgIpc) is 3.12. The Hall–Kier alpha value is -2.01. The first-order chi connectivity index (χ1) is 11.3. The van der Waals surface area contributed by atoms with Crippen LogP contribution >= 0.6 is 0 Å². The lowest BCUT2D eigenvalue weighted by atomic mass is 9.99. The molecule has 1 saturated heterocycles. The fraction of sp³-hybridized carbons (Fsp3) is 0.500. The van der Waals surface area contributed by atoms with Crippen LogP contribution in [0.3, 0.4) is 0 Å². The Bertz CT molecular complexity index is 568. The van der Waals surface area contributed by atoms with Gasteiger partial charge in [0.15, 0.2) is 0 Å². The lowest BCUT2D eigenvalue weighted by Gasteiger charge is -2.32. The summed E-state index contributed by atoms with van der Waals surface area (Å²) in [6.07, 6.45) is 7.18. The summed E-state index contributed by atoms with van der Waals surface area (Å²) < 4.78 is 11.1. The number of hydrogen-bond donors (Lipinski definition) is 1. The molecule has 0 amide bonds. The van der Waals surface area contributed by atoms with Crippen LogP contribution in [0, 0.1) is 5.92 Å². The zero-order valence-corrected chi connectivity index (χ0v) is 13.7. The maximum atomic E-state index is 5.94. The third-order valence-corrected chi connectivity index (χ3v) is 4.37. The van der Waals surface area contributed by atoms with Crippen molar-refractivity contribution in [2.75, 3.05) is 33.4 Å². The van der Waals surface area contributed by atoms with Gasteiger partial charge >= 0.3 is 0 Å². The lowest BCUT2D eigenvalue weighted by Crippen LogP contribution is -2.38. The predicted molar refractivity (Wildman–Crippen MR) is 89.9 cm³/mol. The number of rotatable bonds is 7. The van der Waals surface area contributed by atoms with E-state index in [0.717, 1.165) is 43.4 Å². The van der Waals surface area contributed by atoms with E-state index in [9.17, 15) is 0 Å². The molecule has 1 fully saturated rings. The molecule has 2 heterocycles. The third-order valence-electron chi connectivity index (χ3n) is 4.37. The molecule has 0 bridgehead atoms. The molecule has 5 nitrogen and oxygen atoms in total. The molecule has 1 aliphatic heterocycles. The van der Waals surface area contributed by atoms with Crippen molar-refractivity contribution in [3.05, 3.63) is 42.5 Å². The molecule has 1 aliphatic rings. The highest BCUT2D eigenvalue weighted by atomic mass is 16.5. The van der Waals surface area contributed by atoms with Gasteiger partial charge in [-0.05, 0) is 43.7 Å². The first-order valence-corrected chi connectivity index (χ1v) is 8.31. The van der Waals surface area contributed by atoms with E-state index in [4.69, 9.17) is 9.47 Å². The van der Waals surface area contributed by atoms with Gasteiger partial charge < -0.3 is 19.4 Å². The van der Waals surface area contributed by atoms with E-state index in [0.29, 0.717) is 5.92 Å². The number of piperidine rings is 1. The average molecular weight is 315 g/mol. The number of nitrogens with zero attached hydrogens (tertiary/aromatic N) is 2. The monoisotopic (exact) mass is 315 g/mol. The molecular formula is C18H25N3O2. The number of benzene rings is 1. The number of aromatic amines is 1. The van der Waals surface area contributed by atoms with Gasteiger partial charge in [0.1, 0.15) is 17.3 Å². The van der Waals surface area contributed by atoms with Crippen molar-refractivity contribution in [3.8, 4) is 11.5 Å². The quantitative estimate of drug-likeness (QED) is 0.853. The molecule has 1 aromatic heterocycles. The van der Waals surface area contributed by atoms with Gasteiger partial charge in [0.25, 0.3) is 0 Å². The van der Waals surface area contributed by atoms with Gasteiger partial charge in [-0.15, -0.1) is 0 Å². The number of hydrogen-bond acceptors (Lipinski definition) is 4. The number of aromatic nitrogens is 2. The standard InChI is InChI=1S/C18H25N3O2/c1-22-16-4-6-17(7-5-16)23-14-15-3-2-11-21(13-15)12-8-18-19-9-10-20-18/h4-7,9-10,15H,2-3,8,11-14H2,1H3,(H,19,20)/t15-/m1/s1. The Balaban J connectivity index is 1.42. The summed E-state index contributed by atoms with van der Waals surface area (Å²) in [7, 11) is 1.68. The number of H-pyrrole nitrogens is 1. The third kappa shape index (κ3) is 4.73. The van der Waals surface area contributed by atoms with Gasteiger partial charge in [-0.3, -0.25) is 0 Å². The smallest absolute Gasteiger partial charge is 0.119 e. The van der Waals surface area contributed by atoms with E-state index in [1.807, 2.05) is 36.7 Å². The van der Waals surface area contributed by atoms with Crippen LogP contribution < -0.4 is 9.47 Å². The molecule has 3 rings (SSSR count). The van der Waals surface area contributed by atoms with Gasteiger partial charge in [0, 0.05) is 37.8 Å². The summed E-state index contributed by atoms with van der Waals surface area (Å²) in [5.41, 5.74) is 0. The molecule has 124 valence electrons. The second-order valence-electron chi connectivity index (χ2n) is 6.08. The van der Waals surface area contributed by atoms with Gasteiger partial charge in [-0.1, -0.05) is 0 Å². The topological polar surface area (TPSA) is 50.4 Å². The Labute approximate surface area is 137 Å². The molecule has 2 aromatic rings. The molecule has 5 heteroatoms. The van der Waals surface area contributed by atoms with Crippen LogP contribution in [0.15, 0.2) is 36.7 Å². The van der Waals surface area contributed by atoms with Crippen molar-refractivity contribution in [3.63, 3.8) is 0 Å². The van der Waals surface area contributed by atoms with E-state index >= 15 is 0 Å². The molecule has 23 heavy (non-hydrogen) atoms. The second-order valence-corrected chi connectivity index (χ2v) is 6.08. The summed E-state index contributed by atoms with van der Waals surface area (Å²) >= 11 is 0. The lowest BCUT2D eigenvalue weighted by molar-refractivity contribution is 0.131. The molecule has 0 saturated carbocycles. The van der Waals surface area contributed by atoms with Crippen molar-refractivity contribution in [2.24, 2.45) is 5.92 Å². The first-order valence-electron chi connectivity index (χ1n) is 8.31. The Morgan fingerprint density at radius 1 is 1.26 bits per heavy atom. The van der Waals surface area contributed by atoms with Crippen LogP contribution in [-0.2, 0) is 6.42 Å². The summed E-state index contributed by atoms with van der Waals surface area (Å²) in [6.45, 7) is 4.13.